The molecular weight excluding hydrogens is 325 g/mol. The minimum atomic E-state index is -4.42. The summed E-state index contributed by atoms with van der Waals surface area (Å²) in [7, 11) is 0. The summed E-state index contributed by atoms with van der Waals surface area (Å²) in [6.45, 7) is 2.28. The summed E-state index contributed by atoms with van der Waals surface area (Å²) in [6.07, 6.45) is -4.42. The number of halogens is 4. The highest BCUT2D eigenvalue weighted by molar-refractivity contribution is 9.10. The van der Waals surface area contributed by atoms with Crippen LogP contribution in [-0.2, 0) is 0 Å². The van der Waals surface area contributed by atoms with Crippen molar-refractivity contribution in [2.75, 3.05) is 13.1 Å². The quantitative estimate of drug-likeness (QED) is 0.787. The Bertz CT molecular complexity index is 449. The predicted molar refractivity (Wildman–Crippen MR) is 68.7 cm³/mol. The van der Waals surface area contributed by atoms with Gasteiger partial charge in [0, 0.05) is 6.54 Å². The van der Waals surface area contributed by atoms with E-state index in [9.17, 15) is 18.0 Å². The summed E-state index contributed by atoms with van der Waals surface area (Å²) in [5.74, 6) is -0.772. The van der Waals surface area contributed by atoms with Gasteiger partial charge >= 0.3 is 6.18 Å². The van der Waals surface area contributed by atoms with Gasteiger partial charge in [-0.25, -0.2) is 4.98 Å². The number of carbonyl (C=O) groups excluding carboxylic acids is 1. The van der Waals surface area contributed by atoms with Crippen LogP contribution in [0, 0.1) is 5.92 Å². The highest BCUT2D eigenvalue weighted by Crippen LogP contribution is 2.19. The second-order valence-electron chi connectivity index (χ2n) is 4.54. The zero-order valence-corrected chi connectivity index (χ0v) is 12.1. The second kappa shape index (κ2) is 6.36. The molecule has 0 aromatic carbocycles. The van der Waals surface area contributed by atoms with Crippen molar-refractivity contribution in [1.82, 2.24) is 9.88 Å². The Morgan fingerprint density at radius 2 is 2.05 bits per heavy atom. The molecule has 0 saturated carbocycles. The van der Waals surface area contributed by atoms with Gasteiger partial charge in [-0.05, 0) is 34.0 Å². The van der Waals surface area contributed by atoms with Crippen LogP contribution in [0.2, 0.25) is 0 Å². The van der Waals surface area contributed by atoms with E-state index in [0.29, 0.717) is 4.60 Å². The lowest BCUT2D eigenvalue weighted by Crippen LogP contribution is -2.41. The van der Waals surface area contributed by atoms with Crippen molar-refractivity contribution in [3.8, 4) is 0 Å². The molecule has 1 heterocycles. The summed E-state index contributed by atoms with van der Waals surface area (Å²) >= 11 is 3.09. The fraction of sp³-hybridized carbons (Fsp3) is 0.500. The average molecular weight is 339 g/mol. The van der Waals surface area contributed by atoms with E-state index in [1.807, 2.05) is 0 Å². The Morgan fingerprint density at radius 1 is 1.42 bits per heavy atom. The monoisotopic (exact) mass is 338 g/mol. The van der Waals surface area contributed by atoms with Crippen LogP contribution in [0.5, 0.6) is 0 Å². The Labute approximate surface area is 117 Å². The van der Waals surface area contributed by atoms with Crippen molar-refractivity contribution in [3.05, 3.63) is 28.5 Å². The molecule has 0 unspecified atom stereocenters. The molecule has 0 spiro atoms. The van der Waals surface area contributed by atoms with Gasteiger partial charge in [0.1, 0.15) is 16.8 Å². The number of hydrogen-bond donors (Lipinski definition) is 0. The van der Waals surface area contributed by atoms with E-state index >= 15 is 0 Å². The standard InChI is InChI=1S/C12H14BrF3N2O/c1-8(2)6-18(7-12(14,15)16)11(19)9-4-3-5-10(13)17-9/h3-5,8H,6-7H2,1-2H3. The second-order valence-corrected chi connectivity index (χ2v) is 5.35. The van der Waals surface area contributed by atoms with Crippen LogP contribution in [0.25, 0.3) is 0 Å². The fourth-order valence-corrected chi connectivity index (χ4v) is 1.91. The zero-order chi connectivity index (χ0) is 14.6. The SMILES string of the molecule is CC(C)CN(CC(F)(F)F)C(=O)c1cccc(Br)n1. The van der Waals surface area contributed by atoms with E-state index in [0.717, 1.165) is 4.90 Å². The van der Waals surface area contributed by atoms with E-state index in [1.165, 1.54) is 6.07 Å². The molecule has 1 aromatic rings. The van der Waals surface area contributed by atoms with Gasteiger partial charge < -0.3 is 4.90 Å². The molecule has 106 valence electrons. The summed E-state index contributed by atoms with van der Waals surface area (Å²) in [6, 6.07) is 4.57. The lowest BCUT2D eigenvalue weighted by molar-refractivity contribution is -0.141. The number of rotatable bonds is 4. The molecule has 0 atom stereocenters. The Hall–Kier alpha value is -1.11. The number of carbonyl (C=O) groups is 1. The van der Waals surface area contributed by atoms with Crippen LogP contribution in [0.4, 0.5) is 13.2 Å². The van der Waals surface area contributed by atoms with Crippen LogP contribution >= 0.6 is 15.9 Å². The molecule has 0 saturated heterocycles. The van der Waals surface area contributed by atoms with E-state index in [-0.39, 0.29) is 18.2 Å². The van der Waals surface area contributed by atoms with Gasteiger partial charge in [0.15, 0.2) is 0 Å². The highest BCUT2D eigenvalue weighted by atomic mass is 79.9. The smallest absolute Gasteiger partial charge is 0.328 e. The fourth-order valence-electron chi connectivity index (χ4n) is 1.57. The van der Waals surface area contributed by atoms with Gasteiger partial charge in [0.25, 0.3) is 5.91 Å². The third kappa shape index (κ3) is 5.59. The van der Waals surface area contributed by atoms with Gasteiger partial charge in [-0.1, -0.05) is 19.9 Å². The molecule has 1 amide bonds. The van der Waals surface area contributed by atoms with Gasteiger partial charge in [0.05, 0.1) is 0 Å². The number of amides is 1. The maximum atomic E-state index is 12.5. The van der Waals surface area contributed by atoms with Crippen LogP contribution in [0.1, 0.15) is 24.3 Å². The van der Waals surface area contributed by atoms with E-state index in [4.69, 9.17) is 0 Å². The first kappa shape index (κ1) is 15.9. The summed E-state index contributed by atoms with van der Waals surface area (Å²) in [5.41, 5.74) is -0.000671. The molecule has 0 radical (unpaired) electrons. The molecule has 3 nitrogen and oxygen atoms in total. The summed E-state index contributed by atoms with van der Waals surface area (Å²) < 4.78 is 37.9. The molecule has 0 aliphatic heterocycles. The summed E-state index contributed by atoms with van der Waals surface area (Å²) in [5, 5.41) is 0. The van der Waals surface area contributed by atoms with Gasteiger partial charge in [-0.15, -0.1) is 0 Å². The Morgan fingerprint density at radius 3 is 2.53 bits per heavy atom. The molecule has 1 rings (SSSR count). The van der Waals surface area contributed by atoms with Crippen LogP contribution in [0.3, 0.4) is 0 Å². The minimum Gasteiger partial charge on any atom is -0.328 e. The van der Waals surface area contributed by atoms with Gasteiger partial charge in [-0.3, -0.25) is 4.79 Å². The first-order valence-electron chi connectivity index (χ1n) is 5.67. The molecule has 7 heteroatoms. The summed E-state index contributed by atoms with van der Waals surface area (Å²) in [4.78, 5) is 16.7. The van der Waals surface area contributed by atoms with E-state index in [1.54, 1.807) is 26.0 Å². The van der Waals surface area contributed by atoms with Gasteiger partial charge in [0.2, 0.25) is 0 Å². The number of nitrogens with zero attached hydrogens (tertiary/aromatic N) is 2. The molecule has 0 fully saturated rings. The highest BCUT2D eigenvalue weighted by Gasteiger charge is 2.33. The average Bonchev–Trinajstić information content (AvgIpc) is 2.24. The number of aromatic nitrogens is 1. The lowest BCUT2D eigenvalue weighted by Gasteiger charge is -2.25. The lowest BCUT2D eigenvalue weighted by atomic mass is 10.2. The Balaban J connectivity index is 2.93. The Kier molecular flexibility index (Phi) is 5.34. The maximum absolute atomic E-state index is 12.5. The van der Waals surface area contributed by atoms with Crippen molar-refractivity contribution >= 4 is 21.8 Å². The van der Waals surface area contributed by atoms with Gasteiger partial charge in [-0.2, -0.15) is 13.2 Å². The molecule has 1 aromatic heterocycles. The number of pyridine rings is 1. The van der Waals surface area contributed by atoms with Crippen LogP contribution < -0.4 is 0 Å². The number of alkyl halides is 3. The van der Waals surface area contributed by atoms with Crippen LogP contribution in [-0.4, -0.2) is 35.1 Å². The largest absolute Gasteiger partial charge is 0.406 e. The topological polar surface area (TPSA) is 33.2 Å². The molecule has 0 bridgehead atoms. The zero-order valence-electron chi connectivity index (χ0n) is 10.5. The predicted octanol–water partition coefficient (Wildman–Crippen LogP) is 3.50. The molecule has 0 aliphatic carbocycles. The van der Waals surface area contributed by atoms with Crippen molar-refractivity contribution < 1.29 is 18.0 Å². The van der Waals surface area contributed by atoms with Crippen molar-refractivity contribution in [2.24, 2.45) is 5.92 Å². The van der Waals surface area contributed by atoms with Crippen molar-refractivity contribution in [1.29, 1.82) is 0 Å². The van der Waals surface area contributed by atoms with E-state index < -0.39 is 18.6 Å². The first-order chi connectivity index (χ1) is 8.69. The molecule has 0 N–H and O–H groups in total. The molecular formula is C12H14BrF3N2O. The molecule has 0 aliphatic rings. The third-order valence-corrected chi connectivity index (χ3v) is 2.62. The first-order valence-corrected chi connectivity index (χ1v) is 6.47. The van der Waals surface area contributed by atoms with Crippen LogP contribution in [0.15, 0.2) is 22.8 Å². The maximum Gasteiger partial charge on any atom is 0.406 e. The normalized spacial score (nSPS) is 11.7. The van der Waals surface area contributed by atoms with E-state index in [2.05, 4.69) is 20.9 Å². The third-order valence-electron chi connectivity index (χ3n) is 2.18. The molecule has 19 heavy (non-hydrogen) atoms. The minimum absolute atomic E-state index is 0.000671. The van der Waals surface area contributed by atoms with Crippen molar-refractivity contribution in [3.63, 3.8) is 0 Å². The number of hydrogen-bond acceptors (Lipinski definition) is 2. The van der Waals surface area contributed by atoms with Crippen molar-refractivity contribution in [2.45, 2.75) is 20.0 Å².